The standard InChI is InChI=1S/C17H30N2/c1-12(11-18)9-16(19-6)15-10-14(17(3,4)5)8-7-13(15)2/h7-8,10,12,16,19H,9,11,18H2,1-6H3. The first-order chi connectivity index (χ1) is 8.79. The summed E-state index contributed by atoms with van der Waals surface area (Å²) in [6.07, 6.45) is 1.08. The SMILES string of the molecule is CNC(CC(C)CN)c1cc(C(C)(C)C)ccc1C. The van der Waals surface area contributed by atoms with Gasteiger partial charge in [0.15, 0.2) is 0 Å². The van der Waals surface area contributed by atoms with Gasteiger partial charge in [-0.05, 0) is 55.0 Å². The van der Waals surface area contributed by atoms with Gasteiger partial charge in [-0.25, -0.2) is 0 Å². The molecule has 0 fully saturated rings. The van der Waals surface area contributed by atoms with Gasteiger partial charge in [-0.2, -0.15) is 0 Å². The monoisotopic (exact) mass is 262 g/mol. The zero-order valence-electron chi connectivity index (χ0n) is 13.4. The van der Waals surface area contributed by atoms with E-state index in [0.717, 1.165) is 13.0 Å². The Labute approximate surface area is 118 Å². The lowest BCUT2D eigenvalue weighted by Crippen LogP contribution is -2.24. The first-order valence-electron chi connectivity index (χ1n) is 7.28. The number of nitrogens with two attached hydrogens (primary N) is 1. The van der Waals surface area contributed by atoms with Crippen LogP contribution >= 0.6 is 0 Å². The van der Waals surface area contributed by atoms with Crippen molar-refractivity contribution < 1.29 is 0 Å². The molecule has 2 nitrogen and oxygen atoms in total. The molecule has 108 valence electrons. The van der Waals surface area contributed by atoms with Crippen molar-refractivity contribution in [2.24, 2.45) is 11.7 Å². The third kappa shape index (κ3) is 4.32. The van der Waals surface area contributed by atoms with Gasteiger partial charge in [-0.15, -0.1) is 0 Å². The third-order valence-corrected chi connectivity index (χ3v) is 3.91. The van der Waals surface area contributed by atoms with Gasteiger partial charge in [0.2, 0.25) is 0 Å². The van der Waals surface area contributed by atoms with E-state index < -0.39 is 0 Å². The Morgan fingerprint density at radius 1 is 1.26 bits per heavy atom. The van der Waals surface area contributed by atoms with Gasteiger partial charge in [0.1, 0.15) is 0 Å². The first kappa shape index (κ1) is 16.2. The van der Waals surface area contributed by atoms with Gasteiger partial charge >= 0.3 is 0 Å². The smallest absolute Gasteiger partial charge is 0.0323 e. The Hall–Kier alpha value is -0.860. The topological polar surface area (TPSA) is 38.0 Å². The van der Waals surface area contributed by atoms with E-state index in [2.05, 4.69) is 58.1 Å². The molecule has 0 saturated carbocycles. The maximum atomic E-state index is 5.76. The van der Waals surface area contributed by atoms with Crippen molar-refractivity contribution in [2.75, 3.05) is 13.6 Å². The molecule has 0 bridgehead atoms. The van der Waals surface area contributed by atoms with Crippen LogP contribution in [0.15, 0.2) is 18.2 Å². The Morgan fingerprint density at radius 3 is 2.37 bits per heavy atom. The maximum absolute atomic E-state index is 5.76. The highest BCUT2D eigenvalue weighted by atomic mass is 14.9. The van der Waals surface area contributed by atoms with Crippen LogP contribution in [0.2, 0.25) is 0 Å². The van der Waals surface area contributed by atoms with Crippen molar-refractivity contribution in [1.82, 2.24) is 5.32 Å². The minimum atomic E-state index is 0.195. The zero-order chi connectivity index (χ0) is 14.6. The van der Waals surface area contributed by atoms with E-state index >= 15 is 0 Å². The number of rotatable bonds is 5. The van der Waals surface area contributed by atoms with Gasteiger partial charge in [-0.1, -0.05) is 45.9 Å². The number of hydrogen-bond donors (Lipinski definition) is 2. The van der Waals surface area contributed by atoms with E-state index in [0.29, 0.717) is 12.0 Å². The molecule has 2 unspecified atom stereocenters. The van der Waals surface area contributed by atoms with E-state index in [-0.39, 0.29) is 5.41 Å². The normalized spacial score (nSPS) is 15.3. The predicted molar refractivity (Wildman–Crippen MR) is 84.5 cm³/mol. The minimum absolute atomic E-state index is 0.195. The molecule has 0 aliphatic heterocycles. The summed E-state index contributed by atoms with van der Waals surface area (Å²) in [4.78, 5) is 0. The highest BCUT2D eigenvalue weighted by molar-refractivity contribution is 5.36. The average Bonchev–Trinajstić information content (AvgIpc) is 2.35. The highest BCUT2D eigenvalue weighted by Gasteiger charge is 2.19. The van der Waals surface area contributed by atoms with Crippen molar-refractivity contribution in [1.29, 1.82) is 0 Å². The van der Waals surface area contributed by atoms with Crippen LogP contribution in [0.25, 0.3) is 0 Å². The number of nitrogens with one attached hydrogen (secondary N) is 1. The van der Waals surface area contributed by atoms with Gasteiger partial charge in [-0.3, -0.25) is 0 Å². The summed E-state index contributed by atoms with van der Waals surface area (Å²) < 4.78 is 0. The Bertz CT molecular complexity index is 404. The molecule has 0 spiro atoms. The number of benzene rings is 1. The summed E-state index contributed by atoms with van der Waals surface area (Å²) in [5, 5.41) is 3.45. The fourth-order valence-electron chi connectivity index (χ4n) is 2.38. The molecular weight excluding hydrogens is 232 g/mol. The quantitative estimate of drug-likeness (QED) is 0.852. The second-order valence-electron chi connectivity index (χ2n) is 6.74. The van der Waals surface area contributed by atoms with E-state index in [1.165, 1.54) is 16.7 Å². The van der Waals surface area contributed by atoms with Crippen molar-refractivity contribution in [3.63, 3.8) is 0 Å². The van der Waals surface area contributed by atoms with Crippen LogP contribution in [0.4, 0.5) is 0 Å². The first-order valence-corrected chi connectivity index (χ1v) is 7.28. The molecule has 0 radical (unpaired) electrons. The Morgan fingerprint density at radius 2 is 1.89 bits per heavy atom. The lowest BCUT2D eigenvalue weighted by atomic mass is 9.83. The summed E-state index contributed by atoms with van der Waals surface area (Å²) in [5.41, 5.74) is 10.1. The van der Waals surface area contributed by atoms with Crippen LogP contribution in [-0.2, 0) is 5.41 Å². The van der Waals surface area contributed by atoms with Crippen LogP contribution in [0.1, 0.15) is 56.8 Å². The third-order valence-electron chi connectivity index (χ3n) is 3.91. The molecular formula is C17H30N2. The molecule has 0 heterocycles. The molecule has 2 atom stereocenters. The molecule has 0 aliphatic rings. The Balaban J connectivity index is 3.09. The predicted octanol–water partition coefficient (Wildman–Crippen LogP) is 3.54. The Kier molecular flexibility index (Phi) is 5.57. The van der Waals surface area contributed by atoms with Crippen LogP contribution in [-0.4, -0.2) is 13.6 Å². The van der Waals surface area contributed by atoms with Gasteiger partial charge in [0.05, 0.1) is 0 Å². The maximum Gasteiger partial charge on any atom is 0.0323 e. The van der Waals surface area contributed by atoms with Crippen molar-refractivity contribution in [2.45, 2.75) is 52.5 Å². The molecule has 2 heteroatoms. The molecule has 0 aromatic heterocycles. The molecule has 1 aromatic carbocycles. The van der Waals surface area contributed by atoms with Gasteiger partial charge in [0.25, 0.3) is 0 Å². The average molecular weight is 262 g/mol. The van der Waals surface area contributed by atoms with Crippen LogP contribution < -0.4 is 11.1 Å². The second kappa shape index (κ2) is 6.53. The second-order valence-corrected chi connectivity index (χ2v) is 6.74. The zero-order valence-corrected chi connectivity index (χ0v) is 13.4. The van der Waals surface area contributed by atoms with Crippen LogP contribution in [0.5, 0.6) is 0 Å². The molecule has 0 saturated heterocycles. The van der Waals surface area contributed by atoms with Crippen molar-refractivity contribution in [3.8, 4) is 0 Å². The van der Waals surface area contributed by atoms with Gasteiger partial charge < -0.3 is 11.1 Å². The van der Waals surface area contributed by atoms with Crippen molar-refractivity contribution in [3.05, 3.63) is 34.9 Å². The summed E-state index contributed by atoms with van der Waals surface area (Å²) >= 11 is 0. The summed E-state index contributed by atoms with van der Waals surface area (Å²) in [5.74, 6) is 0.537. The van der Waals surface area contributed by atoms with E-state index in [9.17, 15) is 0 Å². The molecule has 1 aromatic rings. The van der Waals surface area contributed by atoms with Gasteiger partial charge in [0, 0.05) is 6.04 Å². The lowest BCUT2D eigenvalue weighted by Gasteiger charge is -2.26. The minimum Gasteiger partial charge on any atom is -0.330 e. The summed E-state index contributed by atoms with van der Waals surface area (Å²) in [6.45, 7) is 11.9. The fourth-order valence-corrected chi connectivity index (χ4v) is 2.38. The van der Waals surface area contributed by atoms with Crippen LogP contribution in [0, 0.1) is 12.8 Å². The van der Waals surface area contributed by atoms with E-state index in [1.54, 1.807) is 0 Å². The van der Waals surface area contributed by atoms with Crippen molar-refractivity contribution >= 4 is 0 Å². The largest absolute Gasteiger partial charge is 0.330 e. The molecule has 1 rings (SSSR count). The fraction of sp³-hybridized carbons (Fsp3) is 0.647. The number of aryl methyl sites for hydroxylation is 1. The molecule has 19 heavy (non-hydrogen) atoms. The summed E-state index contributed by atoms with van der Waals surface area (Å²) in [7, 11) is 2.04. The number of hydrogen-bond acceptors (Lipinski definition) is 2. The summed E-state index contributed by atoms with van der Waals surface area (Å²) in [6, 6.07) is 7.24. The lowest BCUT2D eigenvalue weighted by molar-refractivity contribution is 0.436. The molecule has 3 N–H and O–H groups in total. The highest BCUT2D eigenvalue weighted by Crippen LogP contribution is 2.29. The van der Waals surface area contributed by atoms with E-state index in [4.69, 9.17) is 5.73 Å². The van der Waals surface area contributed by atoms with Crippen LogP contribution in [0.3, 0.4) is 0 Å². The molecule has 0 aliphatic carbocycles. The van der Waals surface area contributed by atoms with E-state index in [1.807, 2.05) is 7.05 Å². The molecule has 0 amide bonds.